The number of hydrogen-bond donors (Lipinski definition) is 1. The molecule has 3 aliphatic rings. The summed E-state index contributed by atoms with van der Waals surface area (Å²) in [5.74, 6) is -0.413. The van der Waals surface area contributed by atoms with Gasteiger partial charge >= 0.3 is 5.97 Å². The number of hydrogen-bond acceptors (Lipinski definition) is 7. The van der Waals surface area contributed by atoms with E-state index in [0.29, 0.717) is 19.6 Å². The zero-order chi connectivity index (χ0) is 20.0. The van der Waals surface area contributed by atoms with Crippen molar-refractivity contribution in [3.05, 3.63) is 38.8 Å². The van der Waals surface area contributed by atoms with E-state index in [-0.39, 0.29) is 17.2 Å². The van der Waals surface area contributed by atoms with Gasteiger partial charge < -0.3 is 19.7 Å². The Balaban J connectivity index is 1.38. The molecule has 0 bridgehead atoms. The van der Waals surface area contributed by atoms with E-state index < -0.39 is 5.97 Å². The van der Waals surface area contributed by atoms with Gasteiger partial charge in [0, 0.05) is 17.8 Å². The predicted octanol–water partition coefficient (Wildman–Crippen LogP) is 1.54. The molecular weight excluding hydrogens is 392 g/mol. The number of fused-ring (bicyclic) bond motifs is 3. The van der Waals surface area contributed by atoms with Crippen LogP contribution in [0.5, 0.6) is 0 Å². The second-order valence-corrected chi connectivity index (χ2v) is 8.89. The second kappa shape index (κ2) is 7.23. The van der Waals surface area contributed by atoms with Crippen LogP contribution in [0.25, 0.3) is 0 Å². The molecule has 2 aromatic rings. The number of rotatable bonds is 2. The maximum Gasteiger partial charge on any atom is 0.358 e. The van der Waals surface area contributed by atoms with E-state index in [1.54, 1.807) is 22.1 Å². The quantitative estimate of drug-likeness (QED) is 0.748. The highest BCUT2D eigenvalue weighted by Crippen LogP contribution is 2.43. The molecular formula is C20H24N4O4S. The molecule has 3 aliphatic heterocycles. The Bertz CT molecular complexity index is 960. The minimum atomic E-state index is -0.456. The highest BCUT2D eigenvalue weighted by molar-refractivity contribution is 7.14. The first-order chi connectivity index (χ1) is 14.1. The molecule has 1 amide bonds. The number of amides is 1. The lowest BCUT2D eigenvalue weighted by molar-refractivity contribution is -0.0792. The van der Waals surface area contributed by atoms with Gasteiger partial charge in [-0.1, -0.05) is 0 Å². The standard InChI is InChI=1S/C20H24N4O4S/c1-27-19(26)15-10-13-12-23(7-8-24(13)22-15)18(25)17-11-14-16(29-17)2-9-28-20(14)3-5-21-6-4-20/h10-11,21H,2-9,12H2,1H3. The summed E-state index contributed by atoms with van der Waals surface area (Å²) in [5, 5.41) is 7.68. The molecule has 9 heteroatoms. The van der Waals surface area contributed by atoms with E-state index in [0.717, 1.165) is 49.5 Å². The first kappa shape index (κ1) is 18.8. The predicted molar refractivity (Wildman–Crippen MR) is 106 cm³/mol. The number of carbonyl (C=O) groups excluding carboxylic acids is 2. The molecule has 0 aliphatic carbocycles. The molecule has 0 atom stereocenters. The molecule has 0 saturated carbocycles. The first-order valence-electron chi connectivity index (χ1n) is 10.0. The number of nitrogens with zero attached hydrogens (tertiary/aromatic N) is 3. The first-order valence-corrected chi connectivity index (χ1v) is 10.8. The summed E-state index contributed by atoms with van der Waals surface area (Å²) in [6.45, 7) is 4.19. The molecule has 0 radical (unpaired) electrons. The Labute approximate surface area is 172 Å². The van der Waals surface area contributed by atoms with Gasteiger partial charge in [-0.05, 0) is 43.6 Å². The van der Waals surface area contributed by atoms with Crippen LogP contribution in [0.4, 0.5) is 0 Å². The molecule has 0 aromatic carbocycles. The molecule has 154 valence electrons. The number of thiophene rings is 1. The van der Waals surface area contributed by atoms with Crippen molar-refractivity contribution in [2.24, 2.45) is 0 Å². The maximum atomic E-state index is 13.3. The highest BCUT2D eigenvalue weighted by atomic mass is 32.1. The smallest absolute Gasteiger partial charge is 0.358 e. The van der Waals surface area contributed by atoms with Gasteiger partial charge in [0.05, 0.1) is 43.0 Å². The van der Waals surface area contributed by atoms with Gasteiger partial charge in [-0.2, -0.15) is 5.10 Å². The van der Waals surface area contributed by atoms with Gasteiger partial charge in [0.25, 0.3) is 5.91 Å². The van der Waals surface area contributed by atoms with Gasteiger partial charge in [0.2, 0.25) is 0 Å². The van der Waals surface area contributed by atoms with Gasteiger partial charge in [-0.15, -0.1) is 11.3 Å². The topological polar surface area (TPSA) is 85.7 Å². The Hall–Kier alpha value is -2.23. The molecule has 2 aromatic heterocycles. The van der Waals surface area contributed by atoms with E-state index >= 15 is 0 Å². The Morgan fingerprint density at radius 3 is 2.90 bits per heavy atom. The van der Waals surface area contributed by atoms with Crippen molar-refractivity contribution in [2.45, 2.75) is 38.0 Å². The van der Waals surface area contributed by atoms with Crippen molar-refractivity contribution in [2.75, 3.05) is 33.4 Å². The number of ether oxygens (including phenoxy) is 2. The van der Waals surface area contributed by atoms with Crippen LogP contribution in [0.1, 0.15) is 49.1 Å². The zero-order valence-electron chi connectivity index (χ0n) is 16.4. The van der Waals surface area contributed by atoms with Crippen molar-refractivity contribution >= 4 is 23.2 Å². The molecule has 8 nitrogen and oxygen atoms in total. The van der Waals surface area contributed by atoms with Crippen LogP contribution in [-0.2, 0) is 34.6 Å². The summed E-state index contributed by atoms with van der Waals surface area (Å²) in [6, 6.07) is 3.78. The second-order valence-electron chi connectivity index (χ2n) is 7.75. The average molecular weight is 417 g/mol. The van der Waals surface area contributed by atoms with Crippen molar-refractivity contribution in [1.29, 1.82) is 0 Å². The zero-order valence-corrected chi connectivity index (χ0v) is 17.2. The normalized spacial score (nSPS) is 20.2. The SMILES string of the molecule is COC(=O)c1cc2n(n1)CCN(C(=O)c1cc3c(s1)CCOC31CCNCC1)C2. The maximum absolute atomic E-state index is 13.3. The van der Waals surface area contributed by atoms with Crippen LogP contribution >= 0.6 is 11.3 Å². The molecule has 29 heavy (non-hydrogen) atoms. The van der Waals surface area contributed by atoms with E-state index in [4.69, 9.17) is 9.47 Å². The summed E-state index contributed by atoms with van der Waals surface area (Å²) in [7, 11) is 1.34. The minimum absolute atomic E-state index is 0.0422. The lowest BCUT2D eigenvalue weighted by atomic mass is 9.83. The van der Waals surface area contributed by atoms with Gasteiger partial charge in [-0.25, -0.2) is 4.79 Å². The third kappa shape index (κ3) is 3.17. The van der Waals surface area contributed by atoms with Crippen LogP contribution in [0.15, 0.2) is 12.1 Å². The minimum Gasteiger partial charge on any atom is -0.464 e. The number of piperidine rings is 1. The molecule has 5 rings (SSSR count). The number of carbonyl (C=O) groups is 2. The summed E-state index contributed by atoms with van der Waals surface area (Å²) >= 11 is 1.61. The van der Waals surface area contributed by atoms with Crippen LogP contribution in [0.3, 0.4) is 0 Å². The van der Waals surface area contributed by atoms with E-state index in [9.17, 15) is 9.59 Å². The summed E-state index contributed by atoms with van der Waals surface area (Å²) in [5.41, 5.74) is 2.12. The number of aromatic nitrogens is 2. The van der Waals surface area contributed by atoms with Crippen LogP contribution in [0, 0.1) is 0 Å². The highest BCUT2D eigenvalue weighted by Gasteiger charge is 2.41. The number of methoxy groups -OCH3 is 1. The number of nitrogens with one attached hydrogen (secondary N) is 1. The Morgan fingerprint density at radius 1 is 1.28 bits per heavy atom. The Kier molecular flexibility index (Phi) is 4.68. The summed E-state index contributed by atoms with van der Waals surface area (Å²) < 4.78 is 12.8. The van der Waals surface area contributed by atoms with Crippen LogP contribution in [-0.4, -0.2) is 59.9 Å². The van der Waals surface area contributed by atoms with E-state index in [2.05, 4.69) is 16.5 Å². The van der Waals surface area contributed by atoms with Gasteiger partial charge in [-0.3, -0.25) is 9.48 Å². The largest absolute Gasteiger partial charge is 0.464 e. The molecule has 5 heterocycles. The van der Waals surface area contributed by atoms with Crippen molar-refractivity contribution in [1.82, 2.24) is 20.0 Å². The van der Waals surface area contributed by atoms with Crippen molar-refractivity contribution in [3.8, 4) is 0 Å². The fourth-order valence-corrected chi connectivity index (χ4v) is 5.77. The Morgan fingerprint density at radius 2 is 2.10 bits per heavy atom. The summed E-state index contributed by atoms with van der Waals surface area (Å²) in [6.07, 6.45) is 2.77. The van der Waals surface area contributed by atoms with Gasteiger partial charge in [0.1, 0.15) is 0 Å². The lowest BCUT2D eigenvalue weighted by Gasteiger charge is -2.40. The molecule has 0 unspecified atom stereocenters. The molecule has 1 saturated heterocycles. The fraction of sp³-hybridized carbons (Fsp3) is 0.550. The third-order valence-corrected chi connectivity index (χ3v) is 7.29. The molecule has 1 fully saturated rings. The van der Waals surface area contributed by atoms with Crippen molar-refractivity contribution < 1.29 is 19.1 Å². The fourth-order valence-electron chi connectivity index (χ4n) is 4.57. The van der Waals surface area contributed by atoms with Crippen LogP contribution in [0.2, 0.25) is 0 Å². The average Bonchev–Trinajstić information content (AvgIpc) is 3.38. The van der Waals surface area contributed by atoms with Crippen molar-refractivity contribution in [3.63, 3.8) is 0 Å². The molecule has 1 N–H and O–H groups in total. The monoisotopic (exact) mass is 416 g/mol. The van der Waals surface area contributed by atoms with Gasteiger partial charge in [0.15, 0.2) is 5.69 Å². The van der Waals surface area contributed by atoms with E-state index in [1.165, 1.54) is 17.6 Å². The number of esters is 1. The molecule has 1 spiro atoms. The van der Waals surface area contributed by atoms with E-state index in [1.807, 2.05) is 4.90 Å². The third-order valence-electron chi connectivity index (χ3n) is 6.11. The van der Waals surface area contributed by atoms with Crippen LogP contribution < -0.4 is 5.32 Å². The summed E-state index contributed by atoms with van der Waals surface area (Å²) in [4.78, 5) is 28.9. The lowest BCUT2D eigenvalue weighted by Crippen LogP contribution is -2.44.